The Bertz CT molecular complexity index is 720. The first-order chi connectivity index (χ1) is 14.1. The number of carbonyl (C=O) groups is 3. The standard InChI is InChI=1S/C22H34N4O4/c1-17(27)23-15-18-9-11-19(12-10-18)16-26(24-20(28)30-22(2,3)4)21(29)25-13-7-5-6-8-14-25/h9-12H,5-8,13-16H2,1-4H3,(H,23,27)(H,24,28). The summed E-state index contributed by atoms with van der Waals surface area (Å²) in [7, 11) is 0. The number of carbonyl (C=O) groups excluding carboxylic acids is 3. The fourth-order valence-electron chi connectivity index (χ4n) is 3.17. The Labute approximate surface area is 178 Å². The molecule has 0 atom stereocenters. The molecular formula is C22H34N4O4. The van der Waals surface area contributed by atoms with Gasteiger partial charge in [-0.1, -0.05) is 37.1 Å². The zero-order valence-corrected chi connectivity index (χ0v) is 18.5. The third-order valence-corrected chi connectivity index (χ3v) is 4.64. The SMILES string of the molecule is CC(=O)NCc1ccc(CN(NC(=O)OC(C)(C)C)C(=O)N2CCCCCC2)cc1. The van der Waals surface area contributed by atoms with Crippen LogP contribution < -0.4 is 10.7 Å². The third-order valence-electron chi connectivity index (χ3n) is 4.64. The van der Waals surface area contributed by atoms with E-state index in [0.29, 0.717) is 19.6 Å². The van der Waals surface area contributed by atoms with Gasteiger partial charge in [0.2, 0.25) is 5.91 Å². The maximum atomic E-state index is 13.1. The van der Waals surface area contributed by atoms with E-state index in [1.807, 2.05) is 24.3 Å². The van der Waals surface area contributed by atoms with Crippen LogP contribution in [0.15, 0.2) is 24.3 Å². The third kappa shape index (κ3) is 8.31. The second-order valence-corrected chi connectivity index (χ2v) is 8.61. The lowest BCUT2D eigenvalue weighted by molar-refractivity contribution is -0.119. The zero-order valence-electron chi connectivity index (χ0n) is 18.5. The molecule has 0 bridgehead atoms. The van der Waals surface area contributed by atoms with Crippen molar-refractivity contribution >= 4 is 18.0 Å². The van der Waals surface area contributed by atoms with Gasteiger partial charge in [0.25, 0.3) is 0 Å². The molecule has 1 fully saturated rings. The summed E-state index contributed by atoms with van der Waals surface area (Å²) in [5.74, 6) is -0.0881. The molecule has 166 valence electrons. The van der Waals surface area contributed by atoms with Crippen molar-refractivity contribution in [3.05, 3.63) is 35.4 Å². The molecule has 0 aliphatic carbocycles. The van der Waals surface area contributed by atoms with E-state index in [-0.39, 0.29) is 18.5 Å². The van der Waals surface area contributed by atoms with Crippen LogP contribution in [0.3, 0.4) is 0 Å². The molecule has 0 unspecified atom stereocenters. The highest BCUT2D eigenvalue weighted by molar-refractivity contribution is 5.78. The summed E-state index contributed by atoms with van der Waals surface area (Å²) in [6.45, 7) is 8.84. The maximum Gasteiger partial charge on any atom is 0.426 e. The molecule has 4 amide bonds. The molecular weight excluding hydrogens is 384 g/mol. The molecule has 1 aromatic carbocycles. The van der Waals surface area contributed by atoms with E-state index in [1.165, 1.54) is 11.9 Å². The lowest BCUT2D eigenvalue weighted by Gasteiger charge is -2.31. The van der Waals surface area contributed by atoms with Crippen molar-refractivity contribution in [2.45, 2.75) is 72.1 Å². The fraction of sp³-hybridized carbons (Fsp3) is 0.591. The Hall–Kier alpha value is -2.77. The van der Waals surface area contributed by atoms with Gasteiger partial charge >= 0.3 is 12.1 Å². The number of nitrogens with one attached hydrogen (secondary N) is 2. The number of hydrazine groups is 1. The van der Waals surface area contributed by atoms with E-state index >= 15 is 0 Å². The van der Waals surface area contributed by atoms with Gasteiger partial charge in [-0.05, 0) is 44.7 Å². The van der Waals surface area contributed by atoms with Crippen LogP contribution >= 0.6 is 0 Å². The summed E-state index contributed by atoms with van der Waals surface area (Å²) in [5.41, 5.74) is 3.78. The monoisotopic (exact) mass is 418 g/mol. The Morgan fingerprint density at radius 2 is 1.57 bits per heavy atom. The van der Waals surface area contributed by atoms with Gasteiger partial charge in [-0.2, -0.15) is 0 Å². The summed E-state index contributed by atoms with van der Waals surface area (Å²) in [6, 6.07) is 7.33. The van der Waals surface area contributed by atoms with Crippen molar-refractivity contribution in [3.63, 3.8) is 0 Å². The molecule has 0 radical (unpaired) electrons. The second-order valence-electron chi connectivity index (χ2n) is 8.61. The quantitative estimate of drug-likeness (QED) is 0.732. The summed E-state index contributed by atoms with van der Waals surface area (Å²) < 4.78 is 5.34. The number of amides is 4. The summed E-state index contributed by atoms with van der Waals surface area (Å²) in [5, 5.41) is 4.07. The van der Waals surface area contributed by atoms with Gasteiger partial charge in [0.15, 0.2) is 0 Å². The first kappa shape index (κ1) is 23.5. The molecule has 1 heterocycles. The summed E-state index contributed by atoms with van der Waals surface area (Å²) in [6.07, 6.45) is 3.49. The Morgan fingerprint density at radius 1 is 1.00 bits per heavy atom. The smallest absolute Gasteiger partial charge is 0.426 e. The normalized spacial score (nSPS) is 14.5. The molecule has 30 heavy (non-hydrogen) atoms. The van der Waals surface area contributed by atoms with Crippen LogP contribution in [0.25, 0.3) is 0 Å². The fourth-order valence-corrected chi connectivity index (χ4v) is 3.17. The highest BCUT2D eigenvalue weighted by Gasteiger charge is 2.26. The van der Waals surface area contributed by atoms with Crippen molar-refractivity contribution in [2.24, 2.45) is 0 Å². The molecule has 1 aliphatic rings. The number of likely N-dealkylation sites (tertiary alicyclic amines) is 1. The predicted octanol–water partition coefficient (Wildman–Crippen LogP) is 3.56. The first-order valence-corrected chi connectivity index (χ1v) is 10.5. The topological polar surface area (TPSA) is 91.0 Å². The van der Waals surface area contributed by atoms with Gasteiger partial charge in [-0.15, -0.1) is 0 Å². The van der Waals surface area contributed by atoms with Crippen LogP contribution in [-0.2, 0) is 22.6 Å². The van der Waals surface area contributed by atoms with E-state index in [4.69, 9.17) is 4.74 Å². The highest BCUT2D eigenvalue weighted by atomic mass is 16.6. The van der Waals surface area contributed by atoms with Gasteiger partial charge in [0, 0.05) is 26.6 Å². The lowest BCUT2D eigenvalue weighted by Crippen LogP contribution is -2.52. The Balaban J connectivity index is 2.10. The van der Waals surface area contributed by atoms with Crippen LogP contribution in [0.2, 0.25) is 0 Å². The molecule has 8 nitrogen and oxygen atoms in total. The Kier molecular flexibility index (Phi) is 8.50. The summed E-state index contributed by atoms with van der Waals surface area (Å²) >= 11 is 0. The molecule has 1 saturated heterocycles. The van der Waals surface area contributed by atoms with Crippen molar-refractivity contribution in [1.82, 2.24) is 20.7 Å². The predicted molar refractivity (Wildman–Crippen MR) is 114 cm³/mol. The number of rotatable bonds is 4. The number of hydrogen-bond acceptors (Lipinski definition) is 4. The number of urea groups is 1. The van der Waals surface area contributed by atoms with E-state index in [1.54, 1.807) is 25.7 Å². The minimum atomic E-state index is -0.660. The first-order valence-electron chi connectivity index (χ1n) is 10.5. The zero-order chi connectivity index (χ0) is 22.1. The minimum Gasteiger partial charge on any atom is -0.443 e. The van der Waals surface area contributed by atoms with Crippen LogP contribution in [-0.4, -0.2) is 46.6 Å². The number of hydrogen-bond donors (Lipinski definition) is 2. The second kappa shape index (κ2) is 10.8. The van der Waals surface area contributed by atoms with Crippen LogP contribution in [0.1, 0.15) is 64.5 Å². The molecule has 2 N–H and O–H groups in total. The Morgan fingerprint density at radius 3 is 2.10 bits per heavy atom. The minimum absolute atomic E-state index is 0.0881. The van der Waals surface area contributed by atoms with Crippen LogP contribution in [0.5, 0.6) is 0 Å². The molecule has 1 aromatic rings. The maximum absolute atomic E-state index is 13.1. The van der Waals surface area contributed by atoms with Crippen LogP contribution in [0.4, 0.5) is 9.59 Å². The van der Waals surface area contributed by atoms with Crippen molar-refractivity contribution < 1.29 is 19.1 Å². The largest absolute Gasteiger partial charge is 0.443 e. The molecule has 0 spiro atoms. The summed E-state index contributed by atoms with van der Waals surface area (Å²) in [4.78, 5) is 38.3. The van der Waals surface area contributed by atoms with E-state index in [9.17, 15) is 14.4 Å². The van der Waals surface area contributed by atoms with Crippen molar-refractivity contribution in [2.75, 3.05) is 13.1 Å². The van der Waals surface area contributed by atoms with Crippen LogP contribution in [0, 0.1) is 0 Å². The van der Waals surface area contributed by atoms with Gasteiger partial charge in [-0.3, -0.25) is 4.79 Å². The number of ether oxygens (including phenoxy) is 1. The molecule has 0 aromatic heterocycles. The molecule has 8 heteroatoms. The van der Waals surface area contributed by atoms with E-state index < -0.39 is 11.7 Å². The number of nitrogens with zero attached hydrogens (tertiary/aromatic N) is 2. The van der Waals surface area contributed by atoms with Gasteiger partial charge in [-0.25, -0.2) is 20.0 Å². The van der Waals surface area contributed by atoms with Gasteiger partial charge in [0.1, 0.15) is 5.60 Å². The lowest BCUT2D eigenvalue weighted by atomic mass is 10.1. The average molecular weight is 419 g/mol. The van der Waals surface area contributed by atoms with Crippen molar-refractivity contribution in [3.8, 4) is 0 Å². The molecule has 0 saturated carbocycles. The molecule has 1 aliphatic heterocycles. The number of benzene rings is 1. The van der Waals surface area contributed by atoms with Gasteiger partial charge in [0.05, 0.1) is 6.54 Å². The van der Waals surface area contributed by atoms with Gasteiger partial charge < -0.3 is 15.0 Å². The highest BCUT2D eigenvalue weighted by Crippen LogP contribution is 2.14. The van der Waals surface area contributed by atoms with E-state index in [2.05, 4.69) is 10.7 Å². The average Bonchev–Trinajstić information content (AvgIpc) is 2.94. The molecule has 2 rings (SSSR count). The van der Waals surface area contributed by atoms with Crippen molar-refractivity contribution in [1.29, 1.82) is 0 Å². The van der Waals surface area contributed by atoms with E-state index in [0.717, 1.165) is 36.8 Å².